The van der Waals surface area contributed by atoms with Crippen LogP contribution in [0.1, 0.15) is 24.5 Å². The van der Waals surface area contributed by atoms with Crippen LogP contribution in [0.4, 0.5) is 0 Å². The van der Waals surface area contributed by atoms with E-state index in [0.717, 1.165) is 39.0 Å². The van der Waals surface area contributed by atoms with E-state index in [1.807, 2.05) is 37.5 Å². The number of nitrogens with zero attached hydrogens (tertiary/aromatic N) is 2. The van der Waals surface area contributed by atoms with Crippen molar-refractivity contribution in [2.45, 2.75) is 42.8 Å². The van der Waals surface area contributed by atoms with Gasteiger partial charge in [-0.3, -0.25) is 0 Å². The first-order valence-electron chi connectivity index (χ1n) is 6.59. The molecule has 2 rings (SSSR count). The number of hydrogen-bond acceptors (Lipinski definition) is 4. The number of aromatic nitrogens is 2. The maximum Gasteiger partial charge on any atom is 0.192 e. The van der Waals surface area contributed by atoms with Crippen LogP contribution in [0.15, 0.2) is 40.6 Å². The molecule has 1 aromatic carbocycles. The highest BCUT2D eigenvalue weighted by atomic mass is 35.5. The quantitative estimate of drug-likeness (QED) is 0.852. The van der Waals surface area contributed by atoms with Crippen molar-refractivity contribution in [3.63, 3.8) is 0 Å². The van der Waals surface area contributed by atoms with Gasteiger partial charge in [0.15, 0.2) is 5.16 Å². The molecule has 0 aliphatic heterocycles. The minimum absolute atomic E-state index is 0.159. The summed E-state index contributed by atoms with van der Waals surface area (Å²) in [6.07, 6.45) is 5.38. The van der Waals surface area contributed by atoms with Crippen molar-refractivity contribution in [1.82, 2.24) is 9.97 Å². The maximum absolute atomic E-state index is 6.31. The van der Waals surface area contributed by atoms with Crippen LogP contribution in [-0.4, -0.2) is 16.0 Å². The first-order valence-corrected chi connectivity index (χ1v) is 7.78. The predicted molar refractivity (Wildman–Crippen MR) is 84.3 cm³/mol. The Morgan fingerprint density at radius 1 is 1.30 bits per heavy atom. The smallest absolute Gasteiger partial charge is 0.192 e. The maximum atomic E-state index is 6.31. The van der Waals surface area contributed by atoms with Gasteiger partial charge in [-0.15, -0.1) is 0 Å². The Morgan fingerprint density at radius 2 is 2.00 bits per heavy atom. The molecule has 1 aromatic heterocycles. The molecule has 0 fully saturated rings. The van der Waals surface area contributed by atoms with Crippen molar-refractivity contribution in [1.29, 1.82) is 0 Å². The third-order valence-corrected chi connectivity index (χ3v) is 4.23. The Morgan fingerprint density at radius 3 is 2.60 bits per heavy atom. The van der Waals surface area contributed by atoms with Gasteiger partial charge in [0.1, 0.15) is 0 Å². The van der Waals surface area contributed by atoms with Gasteiger partial charge >= 0.3 is 0 Å². The molecule has 2 N–H and O–H groups in total. The second-order valence-corrected chi connectivity index (χ2v) is 6.22. The number of rotatable bonds is 5. The average Bonchev–Trinajstić information content (AvgIpc) is 2.44. The monoisotopic (exact) mass is 307 g/mol. The number of nitrogens with two attached hydrogens (primary N) is 1. The Bertz CT molecular complexity index is 572. The molecule has 2 aromatic rings. The molecule has 0 bridgehead atoms. The zero-order chi connectivity index (χ0) is 14.5. The average molecular weight is 308 g/mol. The Kier molecular flexibility index (Phi) is 5.40. The van der Waals surface area contributed by atoms with Crippen molar-refractivity contribution >= 4 is 23.4 Å². The van der Waals surface area contributed by atoms with E-state index in [0.29, 0.717) is 0 Å². The summed E-state index contributed by atoms with van der Waals surface area (Å²) < 4.78 is 0. The Labute approximate surface area is 129 Å². The van der Waals surface area contributed by atoms with Crippen LogP contribution in [0.5, 0.6) is 0 Å². The normalized spacial score (nSPS) is 12.4. The summed E-state index contributed by atoms with van der Waals surface area (Å²) in [7, 11) is 0. The molecular formula is C15H18ClN3S. The van der Waals surface area contributed by atoms with E-state index >= 15 is 0 Å². The van der Waals surface area contributed by atoms with Crippen LogP contribution in [0.2, 0.25) is 5.02 Å². The molecule has 0 radical (unpaired) electrons. The molecule has 20 heavy (non-hydrogen) atoms. The summed E-state index contributed by atoms with van der Waals surface area (Å²) in [5.74, 6) is 0. The van der Waals surface area contributed by atoms with E-state index in [1.54, 1.807) is 0 Å². The van der Waals surface area contributed by atoms with Crippen molar-refractivity contribution in [3.05, 3.63) is 46.7 Å². The van der Waals surface area contributed by atoms with E-state index in [1.165, 1.54) is 11.8 Å². The molecule has 0 saturated heterocycles. The Hall–Kier alpha value is -1.10. The summed E-state index contributed by atoms with van der Waals surface area (Å²) in [6, 6.07) is 6.19. The van der Waals surface area contributed by atoms with Gasteiger partial charge in [0.05, 0.1) is 0 Å². The number of benzene rings is 1. The van der Waals surface area contributed by atoms with Crippen molar-refractivity contribution < 1.29 is 0 Å². The summed E-state index contributed by atoms with van der Waals surface area (Å²) in [5.41, 5.74) is 8.11. The summed E-state index contributed by atoms with van der Waals surface area (Å²) in [5, 5.41) is 1.48. The van der Waals surface area contributed by atoms with Crippen LogP contribution in [0.25, 0.3) is 0 Å². The van der Waals surface area contributed by atoms with Gasteiger partial charge in [0.25, 0.3) is 0 Å². The fraction of sp³-hybridized carbons (Fsp3) is 0.333. The van der Waals surface area contributed by atoms with Crippen LogP contribution in [-0.2, 0) is 6.42 Å². The summed E-state index contributed by atoms with van der Waals surface area (Å²) in [4.78, 5) is 9.59. The predicted octanol–water partition coefficient (Wildman–Crippen LogP) is 3.87. The van der Waals surface area contributed by atoms with Gasteiger partial charge in [-0.25, -0.2) is 9.97 Å². The van der Waals surface area contributed by atoms with E-state index in [4.69, 9.17) is 17.3 Å². The molecule has 106 valence electrons. The molecule has 0 saturated carbocycles. The fourth-order valence-electron chi connectivity index (χ4n) is 1.72. The zero-order valence-corrected chi connectivity index (χ0v) is 13.2. The minimum atomic E-state index is 0.159. The summed E-state index contributed by atoms with van der Waals surface area (Å²) >= 11 is 7.82. The van der Waals surface area contributed by atoms with Crippen molar-refractivity contribution in [2.75, 3.05) is 0 Å². The molecule has 1 atom stereocenters. The van der Waals surface area contributed by atoms with Gasteiger partial charge in [-0.1, -0.05) is 24.6 Å². The highest BCUT2D eigenvalue weighted by Crippen LogP contribution is 2.29. The van der Waals surface area contributed by atoms with Gasteiger partial charge in [0, 0.05) is 28.4 Å². The van der Waals surface area contributed by atoms with E-state index in [9.17, 15) is 0 Å². The molecule has 0 amide bonds. The molecule has 3 nitrogen and oxygen atoms in total. The fourth-order valence-corrected chi connectivity index (χ4v) is 2.78. The van der Waals surface area contributed by atoms with E-state index in [2.05, 4.69) is 16.9 Å². The molecular weight excluding hydrogens is 290 g/mol. The highest BCUT2D eigenvalue weighted by Gasteiger charge is 2.08. The molecule has 0 aliphatic carbocycles. The van der Waals surface area contributed by atoms with E-state index < -0.39 is 0 Å². The highest BCUT2D eigenvalue weighted by molar-refractivity contribution is 7.99. The van der Waals surface area contributed by atoms with Crippen LogP contribution in [0.3, 0.4) is 0 Å². The third kappa shape index (κ3) is 4.20. The SMILES string of the molecule is CCC(N)Cc1ccc(Sc2ncc(C)cn2)cc1Cl. The first-order chi connectivity index (χ1) is 9.58. The third-order valence-electron chi connectivity index (χ3n) is 3.00. The Balaban J connectivity index is 2.10. The topological polar surface area (TPSA) is 51.8 Å². The van der Waals surface area contributed by atoms with Crippen LogP contribution < -0.4 is 5.73 Å². The minimum Gasteiger partial charge on any atom is -0.327 e. The molecule has 0 spiro atoms. The lowest BCUT2D eigenvalue weighted by Crippen LogP contribution is -2.21. The molecule has 1 unspecified atom stereocenters. The zero-order valence-electron chi connectivity index (χ0n) is 11.6. The van der Waals surface area contributed by atoms with Crippen LogP contribution in [0, 0.1) is 6.92 Å². The lowest BCUT2D eigenvalue weighted by atomic mass is 10.1. The van der Waals surface area contributed by atoms with Gasteiger partial charge in [0.2, 0.25) is 0 Å². The second kappa shape index (κ2) is 7.07. The number of halogens is 1. The van der Waals surface area contributed by atoms with Crippen molar-refractivity contribution in [2.24, 2.45) is 5.73 Å². The van der Waals surface area contributed by atoms with E-state index in [-0.39, 0.29) is 6.04 Å². The number of hydrogen-bond donors (Lipinski definition) is 1. The van der Waals surface area contributed by atoms with Crippen molar-refractivity contribution in [3.8, 4) is 0 Å². The molecule has 0 aliphatic rings. The van der Waals surface area contributed by atoms with Gasteiger partial charge in [-0.05, 0) is 54.8 Å². The lowest BCUT2D eigenvalue weighted by Gasteiger charge is -2.11. The summed E-state index contributed by atoms with van der Waals surface area (Å²) in [6.45, 7) is 4.05. The number of aryl methyl sites for hydroxylation is 1. The standard InChI is InChI=1S/C15H18ClN3S/c1-3-12(17)6-11-4-5-13(7-14(11)16)20-15-18-8-10(2)9-19-15/h4-5,7-9,12H,3,6,17H2,1-2H3. The first kappa shape index (κ1) is 15.3. The van der Waals surface area contributed by atoms with Gasteiger partial charge < -0.3 is 5.73 Å². The second-order valence-electron chi connectivity index (χ2n) is 4.77. The molecule has 5 heteroatoms. The van der Waals surface area contributed by atoms with Gasteiger partial charge in [-0.2, -0.15) is 0 Å². The largest absolute Gasteiger partial charge is 0.327 e. The molecule has 1 heterocycles. The lowest BCUT2D eigenvalue weighted by molar-refractivity contribution is 0.646. The van der Waals surface area contributed by atoms with Crippen LogP contribution >= 0.6 is 23.4 Å².